The van der Waals surface area contributed by atoms with Gasteiger partial charge in [-0.25, -0.2) is 0 Å². The van der Waals surface area contributed by atoms with Crippen LogP contribution in [-0.4, -0.2) is 32.2 Å². The van der Waals surface area contributed by atoms with Gasteiger partial charge in [0.2, 0.25) is 0 Å². The van der Waals surface area contributed by atoms with E-state index in [2.05, 4.69) is 36.8 Å². The van der Waals surface area contributed by atoms with Crippen molar-refractivity contribution in [3.63, 3.8) is 0 Å². The van der Waals surface area contributed by atoms with E-state index in [0.717, 1.165) is 0 Å². The number of nitrogens with zero attached hydrogens (tertiary/aromatic N) is 5. The van der Waals surface area contributed by atoms with Crippen LogP contribution in [0.5, 0.6) is 0 Å². The summed E-state index contributed by atoms with van der Waals surface area (Å²) in [6.07, 6.45) is 0. The fourth-order valence-corrected chi connectivity index (χ4v) is 1.98. The van der Waals surface area contributed by atoms with E-state index in [1.807, 2.05) is 0 Å². The fourth-order valence-electron chi connectivity index (χ4n) is 1.44. The third-order valence-electron chi connectivity index (χ3n) is 2.24. The van der Waals surface area contributed by atoms with Gasteiger partial charge in [0.15, 0.2) is 5.82 Å². The molecule has 0 saturated carbocycles. The van der Waals surface area contributed by atoms with Crippen molar-refractivity contribution in [3.05, 3.63) is 38.6 Å². The van der Waals surface area contributed by atoms with E-state index in [4.69, 9.17) is 0 Å². The Labute approximate surface area is 110 Å². The molecule has 0 aliphatic rings. The van der Waals surface area contributed by atoms with E-state index in [9.17, 15) is 10.1 Å². The first-order chi connectivity index (χ1) is 8.63. The van der Waals surface area contributed by atoms with Crippen LogP contribution in [0.3, 0.4) is 0 Å². The minimum atomic E-state index is -0.456. The quantitative estimate of drug-likeness (QED) is 0.669. The van der Waals surface area contributed by atoms with Crippen LogP contribution in [-0.2, 0) is 6.54 Å². The number of nitrogens with one attached hydrogen (secondary N) is 1. The van der Waals surface area contributed by atoms with Crippen molar-refractivity contribution >= 4 is 21.6 Å². The molecule has 0 radical (unpaired) electrons. The molecule has 0 fully saturated rings. The highest BCUT2D eigenvalue weighted by Crippen LogP contribution is 2.25. The van der Waals surface area contributed by atoms with Crippen molar-refractivity contribution < 1.29 is 4.92 Å². The van der Waals surface area contributed by atoms with E-state index < -0.39 is 4.92 Å². The number of aromatic nitrogens is 4. The number of tetrazole rings is 1. The summed E-state index contributed by atoms with van der Waals surface area (Å²) in [4.78, 5) is 10.2. The maximum Gasteiger partial charge on any atom is 0.270 e. The van der Waals surface area contributed by atoms with E-state index >= 15 is 0 Å². The molecule has 1 aromatic carbocycles. The van der Waals surface area contributed by atoms with Crippen molar-refractivity contribution in [1.29, 1.82) is 0 Å². The molecule has 2 aromatic rings. The lowest BCUT2D eigenvalue weighted by atomic mass is 10.3. The standard InChI is InChI=1S/C9H9BrN6O2/c1-11-5-9-12-13-14-15(9)8-3-2-6(16(17)18)4-7(8)10/h2-4,11H,5H2,1H3. The predicted molar refractivity (Wildman–Crippen MR) is 66.3 cm³/mol. The summed E-state index contributed by atoms with van der Waals surface area (Å²) < 4.78 is 2.07. The van der Waals surface area contributed by atoms with Crippen LogP contribution in [0.2, 0.25) is 0 Å². The van der Waals surface area contributed by atoms with Gasteiger partial charge in [-0.2, -0.15) is 4.68 Å². The molecule has 0 aliphatic carbocycles. The summed E-state index contributed by atoms with van der Waals surface area (Å²) in [5.41, 5.74) is 0.657. The Balaban J connectivity index is 2.44. The Kier molecular flexibility index (Phi) is 3.63. The lowest BCUT2D eigenvalue weighted by molar-refractivity contribution is -0.384. The fraction of sp³-hybridized carbons (Fsp3) is 0.222. The van der Waals surface area contributed by atoms with Gasteiger partial charge in [0, 0.05) is 12.1 Å². The second-order valence-corrected chi connectivity index (χ2v) is 4.28. The van der Waals surface area contributed by atoms with Gasteiger partial charge in [0.05, 0.1) is 21.6 Å². The second-order valence-electron chi connectivity index (χ2n) is 3.43. The molecular formula is C9H9BrN6O2. The zero-order valence-electron chi connectivity index (χ0n) is 9.37. The molecule has 0 aliphatic heterocycles. The first-order valence-corrected chi connectivity index (χ1v) is 5.79. The van der Waals surface area contributed by atoms with E-state index in [1.54, 1.807) is 13.1 Å². The zero-order chi connectivity index (χ0) is 13.1. The Hall–Kier alpha value is -1.87. The van der Waals surface area contributed by atoms with Gasteiger partial charge >= 0.3 is 0 Å². The highest BCUT2D eigenvalue weighted by Gasteiger charge is 2.14. The Morgan fingerprint density at radius 3 is 2.94 bits per heavy atom. The van der Waals surface area contributed by atoms with Crippen molar-refractivity contribution in [2.75, 3.05) is 7.05 Å². The predicted octanol–water partition coefficient (Wildman–Crippen LogP) is 1.05. The van der Waals surface area contributed by atoms with E-state index in [0.29, 0.717) is 22.5 Å². The number of nitro groups is 1. The average molecular weight is 313 g/mol. The van der Waals surface area contributed by atoms with E-state index in [-0.39, 0.29) is 5.69 Å². The molecule has 2 rings (SSSR count). The maximum absolute atomic E-state index is 10.6. The normalized spacial score (nSPS) is 10.6. The molecule has 0 unspecified atom stereocenters. The first kappa shape index (κ1) is 12.6. The summed E-state index contributed by atoms with van der Waals surface area (Å²) >= 11 is 3.28. The second kappa shape index (κ2) is 5.19. The molecule has 0 spiro atoms. The summed E-state index contributed by atoms with van der Waals surface area (Å²) in [5, 5.41) is 24.9. The number of non-ortho nitro benzene ring substituents is 1. The smallest absolute Gasteiger partial charge is 0.270 e. The molecule has 9 heteroatoms. The SMILES string of the molecule is CNCc1nnnn1-c1ccc([N+](=O)[O-])cc1Br. The van der Waals surface area contributed by atoms with Gasteiger partial charge in [-0.1, -0.05) is 0 Å². The van der Waals surface area contributed by atoms with Crippen LogP contribution in [0.4, 0.5) is 5.69 Å². The van der Waals surface area contributed by atoms with Crippen LogP contribution in [0.25, 0.3) is 5.69 Å². The van der Waals surface area contributed by atoms with Crippen molar-refractivity contribution in [2.45, 2.75) is 6.54 Å². The van der Waals surface area contributed by atoms with Gasteiger partial charge < -0.3 is 5.32 Å². The number of hydrogen-bond acceptors (Lipinski definition) is 6. The number of hydrogen-bond donors (Lipinski definition) is 1. The Morgan fingerprint density at radius 1 is 1.56 bits per heavy atom. The minimum absolute atomic E-state index is 0.00821. The molecule has 1 N–H and O–H groups in total. The maximum atomic E-state index is 10.6. The first-order valence-electron chi connectivity index (χ1n) is 4.99. The van der Waals surface area contributed by atoms with Crippen LogP contribution in [0, 0.1) is 10.1 Å². The van der Waals surface area contributed by atoms with Crippen molar-refractivity contribution in [1.82, 2.24) is 25.5 Å². The monoisotopic (exact) mass is 312 g/mol. The van der Waals surface area contributed by atoms with Crippen LogP contribution in [0.15, 0.2) is 22.7 Å². The summed E-state index contributed by atoms with van der Waals surface area (Å²) in [6.45, 7) is 0.496. The Morgan fingerprint density at radius 2 is 2.33 bits per heavy atom. The Bertz CT molecular complexity index is 584. The van der Waals surface area contributed by atoms with Gasteiger partial charge in [-0.05, 0) is 39.5 Å². The van der Waals surface area contributed by atoms with Crippen molar-refractivity contribution in [2.24, 2.45) is 0 Å². The topological polar surface area (TPSA) is 98.8 Å². The number of halogens is 1. The molecule has 0 bridgehead atoms. The van der Waals surface area contributed by atoms with Crippen LogP contribution in [0.1, 0.15) is 5.82 Å². The minimum Gasteiger partial charge on any atom is -0.313 e. The van der Waals surface area contributed by atoms with Gasteiger partial charge in [-0.3, -0.25) is 10.1 Å². The molecule has 1 aromatic heterocycles. The number of nitro benzene ring substituents is 1. The molecule has 18 heavy (non-hydrogen) atoms. The largest absolute Gasteiger partial charge is 0.313 e. The van der Waals surface area contributed by atoms with Crippen LogP contribution >= 0.6 is 15.9 Å². The average Bonchev–Trinajstić information content (AvgIpc) is 2.77. The number of rotatable bonds is 4. The van der Waals surface area contributed by atoms with Crippen molar-refractivity contribution in [3.8, 4) is 5.69 Å². The molecule has 8 nitrogen and oxygen atoms in total. The summed E-state index contributed by atoms with van der Waals surface area (Å²) in [7, 11) is 1.78. The zero-order valence-corrected chi connectivity index (χ0v) is 11.0. The van der Waals surface area contributed by atoms with E-state index in [1.165, 1.54) is 16.8 Å². The number of benzene rings is 1. The highest BCUT2D eigenvalue weighted by atomic mass is 79.9. The van der Waals surface area contributed by atoms with Gasteiger partial charge in [-0.15, -0.1) is 5.10 Å². The lowest BCUT2D eigenvalue weighted by Crippen LogP contribution is -2.12. The van der Waals surface area contributed by atoms with Crippen LogP contribution < -0.4 is 5.32 Å². The lowest BCUT2D eigenvalue weighted by Gasteiger charge is -2.06. The molecule has 1 heterocycles. The summed E-state index contributed by atoms with van der Waals surface area (Å²) in [6, 6.07) is 4.42. The third kappa shape index (κ3) is 2.36. The molecule has 0 atom stereocenters. The third-order valence-corrected chi connectivity index (χ3v) is 2.87. The van der Waals surface area contributed by atoms with Gasteiger partial charge in [0.25, 0.3) is 5.69 Å². The summed E-state index contributed by atoms with van der Waals surface area (Å²) in [5.74, 6) is 0.618. The highest BCUT2D eigenvalue weighted by molar-refractivity contribution is 9.10. The molecule has 0 saturated heterocycles. The molecule has 94 valence electrons. The van der Waals surface area contributed by atoms with Gasteiger partial charge in [0.1, 0.15) is 0 Å². The molecule has 0 amide bonds. The molecular weight excluding hydrogens is 304 g/mol.